The molecule has 3 rings (SSSR count). The molecule has 5 nitrogen and oxygen atoms in total. The molecule has 5 heteroatoms. The second-order valence-corrected chi connectivity index (χ2v) is 6.08. The van der Waals surface area contributed by atoms with Crippen molar-refractivity contribution >= 4 is 11.8 Å². The van der Waals surface area contributed by atoms with Crippen molar-refractivity contribution in [1.82, 2.24) is 14.8 Å². The summed E-state index contributed by atoms with van der Waals surface area (Å²) in [6.07, 6.45) is 5.55. The van der Waals surface area contributed by atoms with Gasteiger partial charge in [-0.15, -0.1) is 0 Å². The number of fused-ring (bicyclic) bond motifs is 2. The lowest BCUT2D eigenvalue weighted by atomic mass is 9.89. The van der Waals surface area contributed by atoms with Gasteiger partial charge in [0.1, 0.15) is 0 Å². The number of hydrogen-bond acceptors (Lipinski definition) is 4. The van der Waals surface area contributed by atoms with Crippen LogP contribution in [0, 0.1) is 5.92 Å². The zero-order chi connectivity index (χ0) is 15.0. The molecule has 2 saturated heterocycles. The molecule has 0 saturated carbocycles. The Morgan fingerprint density at radius 3 is 2.76 bits per heavy atom. The molecule has 2 fully saturated rings. The Labute approximate surface area is 124 Å². The summed E-state index contributed by atoms with van der Waals surface area (Å²) in [6, 6.07) is 4.22. The van der Waals surface area contributed by atoms with Crippen molar-refractivity contribution in [2.24, 2.45) is 5.92 Å². The monoisotopic (exact) mass is 287 g/mol. The molecule has 21 heavy (non-hydrogen) atoms. The van der Waals surface area contributed by atoms with Gasteiger partial charge in [-0.25, -0.2) is 0 Å². The van der Waals surface area contributed by atoms with Crippen molar-refractivity contribution in [3.05, 3.63) is 30.1 Å². The molecule has 0 aliphatic carbocycles. The van der Waals surface area contributed by atoms with Crippen molar-refractivity contribution < 1.29 is 9.59 Å². The Bertz CT molecular complexity index is 532. The summed E-state index contributed by atoms with van der Waals surface area (Å²) in [5.74, 6) is 0.134. The fourth-order valence-corrected chi connectivity index (χ4v) is 3.96. The predicted molar refractivity (Wildman–Crippen MR) is 78.4 cm³/mol. The summed E-state index contributed by atoms with van der Waals surface area (Å²) < 4.78 is 0. The van der Waals surface area contributed by atoms with Gasteiger partial charge in [0.15, 0.2) is 0 Å². The van der Waals surface area contributed by atoms with Crippen LogP contribution in [0.3, 0.4) is 0 Å². The van der Waals surface area contributed by atoms with Crippen molar-refractivity contribution in [1.29, 1.82) is 0 Å². The molecule has 0 radical (unpaired) electrons. The van der Waals surface area contributed by atoms with E-state index in [4.69, 9.17) is 0 Å². The minimum Gasteiger partial charge on any atom is -0.298 e. The highest BCUT2D eigenvalue weighted by Crippen LogP contribution is 2.38. The molecular formula is C16H21N3O2. The molecule has 1 aromatic heterocycles. The number of carbonyl (C=O) groups is 2. The van der Waals surface area contributed by atoms with Crippen LogP contribution < -0.4 is 0 Å². The van der Waals surface area contributed by atoms with E-state index in [1.807, 2.05) is 12.3 Å². The van der Waals surface area contributed by atoms with Gasteiger partial charge < -0.3 is 0 Å². The molecule has 4 atom stereocenters. The van der Waals surface area contributed by atoms with Gasteiger partial charge >= 0.3 is 0 Å². The van der Waals surface area contributed by atoms with Crippen molar-refractivity contribution in [3.8, 4) is 0 Å². The Balaban J connectivity index is 1.86. The average molecular weight is 287 g/mol. The van der Waals surface area contributed by atoms with E-state index in [0.717, 1.165) is 31.5 Å². The first-order chi connectivity index (χ1) is 10.1. The zero-order valence-electron chi connectivity index (χ0n) is 12.5. The molecule has 2 amide bonds. The van der Waals surface area contributed by atoms with Gasteiger partial charge in [-0.05, 0) is 36.9 Å². The number of nitrogens with zero attached hydrogens (tertiary/aromatic N) is 3. The number of imide groups is 1. The van der Waals surface area contributed by atoms with Gasteiger partial charge in [-0.3, -0.25) is 24.4 Å². The summed E-state index contributed by atoms with van der Waals surface area (Å²) in [5, 5.41) is 0. The minimum atomic E-state index is -0.141. The lowest BCUT2D eigenvalue weighted by Crippen LogP contribution is -2.54. The maximum absolute atomic E-state index is 11.9. The summed E-state index contributed by atoms with van der Waals surface area (Å²) in [5.41, 5.74) is 1.16. The standard InChI is InChI=1S/C16H21N3O2/c1-11(20)19(12(2)21)16-14-5-7-18(10-14)15(16)8-13-4-3-6-17-9-13/h3-4,6,9,14-16H,5,7-8,10H2,1-2H3. The van der Waals surface area contributed by atoms with Gasteiger partial charge in [-0.2, -0.15) is 0 Å². The lowest BCUT2D eigenvalue weighted by molar-refractivity contribution is -0.147. The van der Waals surface area contributed by atoms with Crippen LogP contribution in [0.25, 0.3) is 0 Å². The topological polar surface area (TPSA) is 53.5 Å². The summed E-state index contributed by atoms with van der Waals surface area (Å²) in [7, 11) is 0. The average Bonchev–Trinajstić information content (AvgIpc) is 3.02. The molecule has 0 spiro atoms. The van der Waals surface area contributed by atoms with Gasteiger partial charge in [0.25, 0.3) is 0 Å². The Hall–Kier alpha value is -1.75. The number of pyridine rings is 1. The predicted octanol–water partition coefficient (Wildman–Crippen LogP) is 1.09. The van der Waals surface area contributed by atoms with Crippen LogP contribution in [0.4, 0.5) is 0 Å². The third kappa shape index (κ3) is 2.58. The third-order valence-electron chi connectivity index (χ3n) is 4.75. The number of rotatable bonds is 3. The molecule has 0 N–H and O–H groups in total. The molecule has 2 bridgehead atoms. The van der Waals surface area contributed by atoms with Crippen molar-refractivity contribution in [2.75, 3.05) is 13.1 Å². The maximum atomic E-state index is 11.9. The van der Waals surface area contributed by atoms with Crippen LogP contribution in [0.2, 0.25) is 0 Å². The summed E-state index contributed by atoms with van der Waals surface area (Å²) >= 11 is 0. The Kier molecular flexibility index (Phi) is 3.76. The highest BCUT2D eigenvalue weighted by atomic mass is 16.2. The minimum absolute atomic E-state index is 0.00829. The van der Waals surface area contributed by atoms with E-state index in [0.29, 0.717) is 5.92 Å². The van der Waals surface area contributed by atoms with E-state index < -0.39 is 0 Å². The number of amides is 2. The number of piperidine rings is 1. The van der Waals surface area contributed by atoms with Crippen LogP contribution in [-0.2, 0) is 16.0 Å². The fourth-order valence-electron chi connectivity index (χ4n) is 3.96. The number of aromatic nitrogens is 1. The molecule has 2 aliphatic heterocycles. The molecular weight excluding hydrogens is 266 g/mol. The van der Waals surface area contributed by atoms with Crippen molar-refractivity contribution in [2.45, 2.75) is 38.8 Å². The van der Waals surface area contributed by atoms with Crippen molar-refractivity contribution in [3.63, 3.8) is 0 Å². The molecule has 112 valence electrons. The molecule has 1 aromatic rings. The van der Waals surface area contributed by atoms with Crippen LogP contribution in [0.1, 0.15) is 25.8 Å². The summed E-state index contributed by atoms with van der Waals surface area (Å²) in [4.78, 5) is 31.9. The van der Waals surface area contributed by atoms with Crippen LogP contribution in [0.15, 0.2) is 24.5 Å². The first-order valence-electron chi connectivity index (χ1n) is 7.51. The first kappa shape index (κ1) is 14.2. The first-order valence-corrected chi connectivity index (χ1v) is 7.51. The highest BCUT2D eigenvalue weighted by molar-refractivity contribution is 5.93. The van der Waals surface area contributed by atoms with E-state index in [2.05, 4.69) is 16.0 Å². The zero-order valence-corrected chi connectivity index (χ0v) is 12.5. The molecule has 4 unspecified atom stereocenters. The number of hydrogen-bond donors (Lipinski definition) is 0. The molecule has 2 aliphatic rings. The smallest absolute Gasteiger partial charge is 0.226 e. The normalized spacial score (nSPS) is 30.4. The van der Waals surface area contributed by atoms with Gasteiger partial charge in [0.05, 0.1) is 6.04 Å². The van der Waals surface area contributed by atoms with Crippen LogP contribution in [-0.4, -0.2) is 51.8 Å². The SMILES string of the molecule is CC(=O)N(C(C)=O)C1C2CCN(C2)C1Cc1cccnc1. The van der Waals surface area contributed by atoms with E-state index in [1.165, 1.54) is 18.7 Å². The Morgan fingerprint density at radius 2 is 2.14 bits per heavy atom. The van der Waals surface area contributed by atoms with E-state index in [1.54, 1.807) is 6.20 Å². The second-order valence-electron chi connectivity index (χ2n) is 6.08. The second kappa shape index (κ2) is 5.56. The van der Waals surface area contributed by atoms with Gasteiger partial charge in [0.2, 0.25) is 11.8 Å². The van der Waals surface area contributed by atoms with E-state index in [9.17, 15) is 9.59 Å². The molecule has 0 aromatic carbocycles. The fraction of sp³-hybridized carbons (Fsp3) is 0.562. The maximum Gasteiger partial charge on any atom is 0.226 e. The Morgan fingerprint density at radius 1 is 1.38 bits per heavy atom. The van der Waals surface area contributed by atoms with Crippen LogP contribution >= 0.6 is 0 Å². The molecule has 3 heterocycles. The number of carbonyl (C=O) groups excluding carboxylic acids is 2. The van der Waals surface area contributed by atoms with Gasteiger partial charge in [0, 0.05) is 38.8 Å². The third-order valence-corrected chi connectivity index (χ3v) is 4.75. The largest absolute Gasteiger partial charge is 0.298 e. The van der Waals surface area contributed by atoms with Gasteiger partial charge in [-0.1, -0.05) is 6.07 Å². The highest BCUT2D eigenvalue weighted by Gasteiger charge is 2.50. The summed E-state index contributed by atoms with van der Waals surface area (Å²) in [6.45, 7) is 5.04. The lowest BCUT2D eigenvalue weighted by Gasteiger charge is -2.38. The van der Waals surface area contributed by atoms with E-state index >= 15 is 0 Å². The van der Waals surface area contributed by atoms with E-state index in [-0.39, 0.29) is 23.9 Å². The van der Waals surface area contributed by atoms with Crippen LogP contribution in [0.5, 0.6) is 0 Å². The quantitative estimate of drug-likeness (QED) is 0.835.